The predicted molar refractivity (Wildman–Crippen MR) is 113 cm³/mol. The molecule has 0 saturated carbocycles. The molecule has 2 fully saturated rings. The molecule has 3 N–H and O–H groups in total. The molecule has 2 unspecified atom stereocenters. The van der Waals surface area contributed by atoms with Crippen LogP contribution in [0.5, 0.6) is 0 Å². The van der Waals surface area contributed by atoms with Crippen LogP contribution in [-0.2, 0) is 15.9 Å². The molecule has 158 valence electrons. The number of nitrogens with zero attached hydrogens (tertiary/aromatic N) is 4. The number of benzene rings is 1. The van der Waals surface area contributed by atoms with Crippen LogP contribution in [0.3, 0.4) is 0 Å². The number of piperidine rings is 1. The number of H-pyrrole nitrogens is 1. The van der Waals surface area contributed by atoms with E-state index in [1.165, 1.54) is 5.56 Å². The maximum Gasteiger partial charge on any atom is 0.246 e. The van der Waals surface area contributed by atoms with Gasteiger partial charge in [-0.15, -0.1) is 5.10 Å². The van der Waals surface area contributed by atoms with Gasteiger partial charge in [0.15, 0.2) is 0 Å². The van der Waals surface area contributed by atoms with Crippen LogP contribution < -0.4 is 10.6 Å². The van der Waals surface area contributed by atoms with Crippen molar-refractivity contribution in [3.05, 3.63) is 34.9 Å². The van der Waals surface area contributed by atoms with Gasteiger partial charge in [-0.3, -0.25) is 4.90 Å². The summed E-state index contributed by atoms with van der Waals surface area (Å²) in [7, 11) is 1.73. The second-order valence-electron chi connectivity index (χ2n) is 7.83. The van der Waals surface area contributed by atoms with E-state index in [1.807, 2.05) is 12.1 Å². The molecule has 4 rings (SSSR count). The third-order valence-corrected chi connectivity index (χ3v) is 6.10. The number of anilines is 2. The summed E-state index contributed by atoms with van der Waals surface area (Å²) in [4.78, 5) is 9.09. The van der Waals surface area contributed by atoms with Gasteiger partial charge < -0.3 is 20.1 Å². The summed E-state index contributed by atoms with van der Waals surface area (Å²) in [6.07, 6.45) is 3.19. The number of nitrogens with one attached hydrogen (secondary N) is 1. The van der Waals surface area contributed by atoms with Crippen LogP contribution in [0.15, 0.2) is 24.3 Å². The van der Waals surface area contributed by atoms with Crippen LogP contribution >= 0.6 is 11.6 Å². The number of nitrogens with two attached hydrogens (primary N) is 1. The molecule has 3 heterocycles. The van der Waals surface area contributed by atoms with Gasteiger partial charge in [-0.05, 0) is 37.0 Å². The highest BCUT2D eigenvalue weighted by Crippen LogP contribution is 2.26. The minimum atomic E-state index is 0.118. The Kier molecular flexibility index (Phi) is 6.54. The van der Waals surface area contributed by atoms with E-state index in [-0.39, 0.29) is 6.10 Å². The van der Waals surface area contributed by atoms with Gasteiger partial charge >= 0.3 is 0 Å². The molecule has 0 amide bonds. The maximum absolute atomic E-state index is 6.10. The van der Waals surface area contributed by atoms with Gasteiger partial charge in [-0.1, -0.05) is 23.7 Å². The molecule has 2 aromatic rings. The van der Waals surface area contributed by atoms with Gasteiger partial charge in [0.2, 0.25) is 11.9 Å². The standard InChI is InChI=1S/C20H29ClN6O2/c1-28-13-18-11-27(17(12-29-18)10-14-2-4-15(21)5-3-14)16-6-8-26(9-7-16)20-23-19(22)24-25-20/h2-5,16-18H,6-13H2,1H3,(H3,22,23,24,25). The normalized spacial score (nSPS) is 24.1. The SMILES string of the molecule is COCC1CN(C2CCN(c3n[nH]c(N)n3)CC2)C(Cc2ccc(Cl)cc2)CO1. The quantitative estimate of drug-likeness (QED) is 0.737. The summed E-state index contributed by atoms with van der Waals surface area (Å²) < 4.78 is 11.5. The topological polar surface area (TPSA) is 92.5 Å². The van der Waals surface area contributed by atoms with Crippen molar-refractivity contribution in [1.82, 2.24) is 20.1 Å². The Balaban J connectivity index is 1.42. The molecule has 9 heteroatoms. The summed E-state index contributed by atoms with van der Waals surface area (Å²) >= 11 is 6.05. The number of ether oxygens (including phenoxy) is 2. The van der Waals surface area contributed by atoms with E-state index >= 15 is 0 Å². The molecule has 2 aliphatic heterocycles. The maximum atomic E-state index is 6.10. The van der Waals surface area contributed by atoms with Gasteiger partial charge in [0.05, 0.1) is 19.3 Å². The van der Waals surface area contributed by atoms with Crippen LogP contribution in [0, 0.1) is 0 Å². The number of rotatable bonds is 6. The Morgan fingerprint density at radius 3 is 2.69 bits per heavy atom. The zero-order valence-corrected chi connectivity index (χ0v) is 17.5. The molecular formula is C20H29ClN6O2. The van der Waals surface area contributed by atoms with Crippen molar-refractivity contribution in [2.75, 3.05) is 50.6 Å². The smallest absolute Gasteiger partial charge is 0.246 e. The Morgan fingerprint density at radius 1 is 1.28 bits per heavy atom. The van der Waals surface area contributed by atoms with Gasteiger partial charge in [-0.2, -0.15) is 4.98 Å². The molecule has 1 aromatic carbocycles. The van der Waals surface area contributed by atoms with Crippen LogP contribution in [0.25, 0.3) is 0 Å². The highest BCUT2D eigenvalue weighted by molar-refractivity contribution is 6.30. The second kappa shape index (κ2) is 9.30. The number of hydrogen-bond donors (Lipinski definition) is 2. The van der Waals surface area contributed by atoms with Gasteiger partial charge in [-0.25, -0.2) is 5.10 Å². The third kappa shape index (κ3) is 5.01. The van der Waals surface area contributed by atoms with Gasteiger partial charge in [0, 0.05) is 43.9 Å². The minimum Gasteiger partial charge on any atom is -0.382 e. The lowest BCUT2D eigenvalue weighted by atomic mass is 9.96. The number of aromatic nitrogens is 3. The van der Waals surface area contributed by atoms with Crippen molar-refractivity contribution in [2.24, 2.45) is 0 Å². The monoisotopic (exact) mass is 420 g/mol. The first-order chi connectivity index (χ1) is 14.1. The fraction of sp³-hybridized carbons (Fsp3) is 0.600. The molecule has 1 aromatic heterocycles. The fourth-order valence-electron chi connectivity index (χ4n) is 4.39. The van der Waals surface area contributed by atoms with Crippen molar-refractivity contribution in [3.8, 4) is 0 Å². The summed E-state index contributed by atoms with van der Waals surface area (Å²) in [5, 5.41) is 7.69. The molecule has 2 saturated heterocycles. The molecule has 0 radical (unpaired) electrons. The highest BCUT2D eigenvalue weighted by Gasteiger charge is 2.35. The number of halogens is 1. The van der Waals surface area contributed by atoms with E-state index in [2.05, 4.69) is 37.1 Å². The zero-order valence-electron chi connectivity index (χ0n) is 16.8. The minimum absolute atomic E-state index is 0.118. The van der Waals surface area contributed by atoms with Crippen molar-refractivity contribution in [1.29, 1.82) is 0 Å². The summed E-state index contributed by atoms with van der Waals surface area (Å²) in [6, 6.07) is 8.98. The highest BCUT2D eigenvalue weighted by atomic mass is 35.5. The van der Waals surface area contributed by atoms with Crippen LogP contribution in [-0.4, -0.2) is 78.2 Å². The van der Waals surface area contributed by atoms with Crippen molar-refractivity contribution in [2.45, 2.75) is 37.5 Å². The number of morpholine rings is 1. The number of nitrogen functional groups attached to an aromatic ring is 1. The largest absolute Gasteiger partial charge is 0.382 e. The van der Waals surface area contributed by atoms with E-state index in [9.17, 15) is 0 Å². The van der Waals surface area contributed by atoms with E-state index in [0.29, 0.717) is 37.2 Å². The Labute approximate surface area is 176 Å². The molecule has 0 aliphatic carbocycles. The molecule has 29 heavy (non-hydrogen) atoms. The van der Waals surface area contributed by atoms with Crippen LogP contribution in [0.2, 0.25) is 5.02 Å². The van der Waals surface area contributed by atoms with Crippen molar-refractivity contribution < 1.29 is 9.47 Å². The van der Waals surface area contributed by atoms with E-state index in [1.54, 1.807) is 7.11 Å². The summed E-state index contributed by atoms with van der Waals surface area (Å²) in [5.41, 5.74) is 6.96. The van der Waals surface area contributed by atoms with Crippen molar-refractivity contribution in [3.63, 3.8) is 0 Å². The average molecular weight is 421 g/mol. The number of methoxy groups -OCH3 is 1. The van der Waals surface area contributed by atoms with Crippen LogP contribution in [0.1, 0.15) is 18.4 Å². The van der Waals surface area contributed by atoms with Crippen LogP contribution in [0.4, 0.5) is 11.9 Å². The first kappa shape index (κ1) is 20.4. The average Bonchev–Trinajstić information content (AvgIpc) is 3.17. The number of hydrogen-bond acceptors (Lipinski definition) is 7. The third-order valence-electron chi connectivity index (χ3n) is 5.85. The summed E-state index contributed by atoms with van der Waals surface area (Å²) in [6.45, 7) is 4.07. The molecule has 0 spiro atoms. The second-order valence-corrected chi connectivity index (χ2v) is 8.27. The Morgan fingerprint density at radius 2 is 2.03 bits per heavy atom. The molecular weight excluding hydrogens is 392 g/mol. The lowest BCUT2D eigenvalue weighted by molar-refractivity contribution is -0.103. The van der Waals surface area contributed by atoms with E-state index in [4.69, 9.17) is 26.8 Å². The molecule has 0 bridgehead atoms. The first-order valence-electron chi connectivity index (χ1n) is 10.2. The molecule has 2 aliphatic rings. The first-order valence-corrected chi connectivity index (χ1v) is 10.5. The zero-order chi connectivity index (χ0) is 20.2. The summed E-state index contributed by atoms with van der Waals surface area (Å²) in [5.74, 6) is 1.05. The number of aromatic amines is 1. The van der Waals surface area contributed by atoms with E-state index < -0.39 is 0 Å². The lowest BCUT2D eigenvalue weighted by Gasteiger charge is -2.46. The Bertz CT molecular complexity index is 778. The van der Waals surface area contributed by atoms with Gasteiger partial charge in [0.1, 0.15) is 0 Å². The molecule has 2 atom stereocenters. The Hall–Kier alpha value is -1.87. The van der Waals surface area contributed by atoms with Crippen molar-refractivity contribution >= 4 is 23.5 Å². The van der Waals surface area contributed by atoms with E-state index in [0.717, 1.165) is 43.9 Å². The molecule has 8 nitrogen and oxygen atoms in total. The van der Waals surface area contributed by atoms with Gasteiger partial charge in [0.25, 0.3) is 0 Å². The fourth-order valence-corrected chi connectivity index (χ4v) is 4.51. The lowest BCUT2D eigenvalue weighted by Crippen LogP contribution is -2.58. The predicted octanol–water partition coefficient (Wildman–Crippen LogP) is 1.97.